The van der Waals surface area contributed by atoms with Gasteiger partial charge in [0, 0.05) is 0 Å². The molecule has 1 aromatic heterocycles. The molecule has 0 spiro atoms. The van der Waals surface area contributed by atoms with Crippen molar-refractivity contribution in [2.45, 2.75) is 0 Å². The first kappa shape index (κ1) is 6.05. The third kappa shape index (κ3) is 1.71. The molecule has 0 atom stereocenters. The van der Waals surface area contributed by atoms with Crippen molar-refractivity contribution in [3.63, 3.8) is 0 Å². The van der Waals surface area contributed by atoms with Crippen LogP contribution in [0.1, 0.15) is 0 Å². The quantitative estimate of drug-likeness (QED) is 0.690. The molecule has 34 valence electrons. The summed E-state index contributed by atoms with van der Waals surface area (Å²) >= 11 is 0.798. The first-order valence-corrected chi connectivity index (χ1v) is 12.4. The van der Waals surface area contributed by atoms with Crippen molar-refractivity contribution in [2.24, 2.45) is 0 Å². The van der Waals surface area contributed by atoms with E-state index < -0.39 is 23.3 Å². The van der Waals surface area contributed by atoms with E-state index in [1.54, 1.807) is 11.3 Å². The molecule has 1 rings (SSSR count). The predicted octanol–water partition coefficient (Wildman–Crippen LogP) is 1.61. The first-order chi connectivity index (χ1) is 3.43. The van der Waals surface area contributed by atoms with E-state index in [9.17, 15) is 0 Å². The Morgan fingerprint density at radius 1 is 1.71 bits per heavy atom. The summed E-state index contributed by atoms with van der Waals surface area (Å²) in [6.07, 6.45) is 0. The molecule has 0 amide bonds. The van der Waals surface area contributed by atoms with Crippen LogP contribution in [-0.4, -0.2) is 0 Å². The zero-order valence-electron chi connectivity index (χ0n) is 3.73. The molecular formula is C4H3ClHgS. The Morgan fingerprint density at radius 2 is 2.57 bits per heavy atom. The fourth-order valence-corrected chi connectivity index (χ4v) is 6.11. The molecule has 0 saturated carbocycles. The number of halogens is 1. The molecule has 3 heteroatoms. The van der Waals surface area contributed by atoms with Gasteiger partial charge in [-0.1, -0.05) is 0 Å². The van der Waals surface area contributed by atoms with E-state index in [1.165, 1.54) is 2.39 Å². The molecule has 0 aromatic carbocycles. The van der Waals surface area contributed by atoms with Gasteiger partial charge in [-0.2, -0.15) is 0 Å². The van der Waals surface area contributed by atoms with Gasteiger partial charge in [0.2, 0.25) is 0 Å². The Hall–Kier alpha value is 0.925. The molecule has 0 aliphatic rings. The Bertz CT molecular complexity index is 126. The van der Waals surface area contributed by atoms with Gasteiger partial charge in [-0.25, -0.2) is 0 Å². The third-order valence-corrected chi connectivity index (χ3v) is 10.5. The van der Waals surface area contributed by atoms with Crippen molar-refractivity contribution in [1.82, 2.24) is 0 Å². The maximum absolute atomic E-state index is 5.70. The molecule has 0 bridgehead atoms. The van der Waals surface area contributed by atoms with E-state index in [4.69, 9.17) is 8.25 Å². The van der Waals surface area contributed by atoms with Crippen molar-refractivity contribution < 1.29 is 23.3 Å². The summed E-state index contributed by atoms with van der Waals surface area (Å²) in [6.45, 7) is 0. The third-order valence-electron chi connectivity index (χ3n) is 0.712. The summed E-state index contributed by atoms with van der Waals surface area (Å²) in [5, 5.41) is 2.08. The van der Waals surface area contributed by atoms with Crippen molar-refractivity contribution in [2.75, 3.05) is 0 Å². The van der Waals surface area contributed by atoms with Crippen LogP contribution in [0.3, 0.4) is 0 Å². The second-order valence-corrected chi connectivity index (χ2v) is 10.6. The van der Waals surface area contributed by atoms with Crippen LogP contribution in [0.2, 0.25) is 0 Å². The van der Waals surface area contributed by atoms with Gasteiger partial charge in [0.25, 0.3) is 0 Å². The van der Waals surface area contributed by atoms with E-state index in [0.29, 0.717) is 0 Å². The van der Waals surface area contributed by atoms with Gasteiger partial charge in [0.15, 0.2) is 0 Å². The Balaban J connectivity index is 2.76. The van der Waals surface area contributed by atoms with E-state index in [-0.39, 0.29) is 0 Å². The minimum absolute atomic E-state index is 0.992. The number of hydrogen-bond donors (Lipinski definition) is 0. The molecule has 0 fully saturated rings. The van der Waals surface area contributed by atoms with Gasteiger partial charge < -0.3 is 0 Å². The van der Waals surface area contributed by atoms with Crippen molar-refractivity contribution in [3.8, 4) is 0 Å². The Kier molecular flexibility index (Phi) is 2.64. The van der Waals surface area contributed by atoms with E-state index in [0.717, 1.165) is 0 Å². The van der Waals surface area contributed by atoms with Crippen molar-refractivity contribution in [1.29, 1.82) is 0 Å². The number of thiophene rings is 1. The normalized spacial score (nSPS) is 8.14. The van der Waals surface area contributed by atoms with Crippen molar-refractivity contribution >= 4 is 22.0 Å². The number of hydrogen-bond acceptors (Lipinski definition) is 1. The molecule has 0 nitrogen and oxygen atoms in total. The molecular weight excluding hydrogens is 316 g/mol. The molecule has 0 unspecified atom stereocenters. The van der Waals surface area contributed by atoms with E-state index in [2.05, 4.69) is 17.5 Å². The average molecular weight is 319 g/mol. The van der Waals surface area contributed by atoms with Crippen LogP contribution in [-0.2, 0) is 23.3 Å². The zero-order valence-corrected chi connectivity index (χ0v) is 10.8. The van der Waals surface area contributed by atoms with Crippen molar-refractivity contribution in [3.05, 3.63) is 17.5 Å². The fourth-order valence-electron chi connectivity index (χ4n) is 0.389. The SMILES string of the molecule is [Cl][Hg][c]1cccs1. The number of rotatable bonds is 1. The van der Waals surface area contributed by atoms with Gasteiger partial charge in [0.05, 0.1) is 0 Å². The Morgan fingerprint density at radius 3 is 2.86 bits per heavy atom. The van der Waals surface area contributed by atoms with Gasteiger partial charge in [-0.15, -0.1) is 0 Å². The topological polar surface area (TPSA) is 0 Å². The van der Waals surface area contributed by atoms with Gasteiger partial charge in [-0.05, 0) is 0 Å². The molecule has 1 aromatic rings. The molecule has 0 saturated heterocycles. The van der Waals surface area contributed by atoms with Crippen LogP contribution in [0.15, 0.2) is 17.5 Å². The summed E-state index contributed by atoms with van der Waals surface area (Å²) in [5.74, 6) is 0. The van der Waals surface area contributed by atoms with Gasteiger partial charge in [0.1, 0.15) is 0 Å². The van der Waals surface area contributed by atoms with Crippen LogP contribution in [0.4, 0.5) is 0 Å². The van der Waals surface area contributed by atoms with Crippen LogP contribution in [0.25, 0.3) is 0 Å². The zero-order chi connectivity index (χ0) is 5.11. The first-order valence-electron chi connectivity index (χ1n) is 2.02. The van der Waals surface area contributed by atoms with Crippen LogP contribution < -0.4 is 2.39 Å². The summed E-state index contributed by atoms with van der Waals surface area (Å²) < 4.78 is 1.46. The van der Waals surface area contributed by atoms with Crippen LogP contribution in [0, 0.1) is 0 Å². The predicted molar refractivity (Wildman–Crippen MR) is 29.8 cm³/mol. The second-order valence-electron chi connectivity index (χ2n) is 1.21. The standard InChI is InChI=1S/C4H3S.ClH.Hg/c1-2-4-5-3-1;;/h1-3H;1H;/q;;+1/p-1. The maximum atomic E-state index is 5.70. The fraction of sp³-hybridized carbons (Fsp3) is 0. The summed E-state index contributed by atoms with van der Waals surface area (Å²) in [7, 11) is 5.70. The second kappa shape index (κ2) is 3.05. The monoisotopic (exact) mass is 320 g/mol. The summed E-state index contributed by atoms with van der Waals surface area (Å²) in [4.78, 5) is 0. The minimum atomic E-state index is -0.992. The summed E-state index contributed by atoms with van der Waals surface area (Å²) in [5.41, 5.74) is 0. The molecule has 0 aliphatic heterocycles. The van der Waals surface area contributed by atoms with Crippen LogP contribution >= 0.6 is 19.6 Å². The van der Waals surface area contributed by atoms with Gasteiger partial charge >= 0.3 is 62.8 Å². The molecule has 0 radical (unpaired) electrons. The molecule has 1 heterocycles. The van der Waals surface area contributed by atoms with Crippen LogP contribution in [0.5, 0.6) is 0 Å². The molecule has 7 heavy (non-hydrogen) atoms. The van der Waals surface area contributed by atoms with E-state index >= 15 is 0 Å². The summed E-state index contributed by atoms with van der Waals surface area (Å²) in [6, 6.07) is 4.18. The average Bonchev–Trinajstić information content (AvgIpc) is 2.14. The van der Waals surface area contributed by atoms with Gasteiger partial charge in [-0.3, -0.25) is 0 Å². The molecule has 0 N–H and O–H groups in total. The molecule has 0 aliphatic carbocycles. The Labute approximate surface area is 62.4 Å². The van der Waals surface area contributed by atoms with E-state index in [1.807, 2.05) is 0 Å².